The van der Waals surface area contributed by atoms with Crippen LogP contribution in [0.25, 0.3) is 22.0 Å². The number of hydrogen-bond acceptors (Lipinski definition) is 8. The van der Waals surface area contributed by atoms with Crippen molar-refractivity contribution >= 4 is 28.6 Å². The first-order chi connectivity index (χ1) is 16.9. The van der Waals surface area contributed by atoms with Gasteiger partial charge >= 0.3 is 5.97 Å². The van der Waals surface area contributed by atoms with Gasteiger partial charge in [-0.05, 0) is 49.2 Å². The molecule has 9 heteroatoms. The molecule has 0 spiro atoms. The van der Waals surface area contributed by atoms with E-state index < -0.39 is 5.97 Å². The molecular weight excluding hydrogens is 446 g/mol. The Hall–Kier alpha value is -4.40. The van der Waals surface area contributed by atoms with Crippen LogP contribution < -0.4 is 21.6 Å². The quantitative estimate of drug-likeness (QED) is 0.390. The number of carbonyl (C=O) groups is 1. The third-order valence-corrected chi connectivity index (χ3v) is 5.80. The molecular formula is C26H27N5O4. The van der Waals surface area contributed by atoms with E-state index in [9.17, 15) is 9.59 Å². The van der Waals surface area contributed by atoms with Crippen LogP contribution in [-0.4, -0.2) is 34.2 Å². The van der Waals surface area contributed by atoms with Crippen molar-refractivity contribution in [2.75, 3.05) is 25.2 Å². The first kappa shape index (κ1) is 23.7. The maximum atomic E-state index is 13.0. The fourth-order valence-electron chi connectivity index (χ4n) is 4.05. The molecule has 2 heterocycles. The zero-order chi connectivity index (χ0) is 25.1. The molecule has 0 aliphatic rings. The molecule has 0 aliphatic carbocycles. The van der Waals surface area contributed by atoms with Crippen LogP contribution in [0.5, 0.6) is 5.75 Å². The van der Waals surface area contributed by atoms with Gasteiger partial charge in [-0.15, -0.1) is 0 Å². The number of methoxy groups -OCH3 is 1. The minimum absolute atomic E-state index is 0.0248. The first-order valence-corrected chi connectivity index (χ1v) is 11.2. The van der Waals surface area contributed by atoms with Gasteiger partial charge in [-0.2, -0.15) is 4.98 Å². The average Bonchev–Trinajstić information content (AvgIpc) is 2.86. The van der Waals surface area contributed by atoms with E-state index in [1.165, 1.54) is 0 Å². The molecule has 35 heavy (non-hydrogen) atoms. The summed E-state index contributed by atoms with van der Waals surface area (Å²) in [5.41, 5.74) is 15.5. The van der Waals surface area contributed by atoms with Crippen LogP contribution in [-0.2, 0) is 17.7 Å². The zero-order valence-corrected chi connectivity index (χ0v) is 19.9. The molecule has 9 nitrogen and oxygen atoms in total. The van der Waals surface area contributed by atoms with Gasteiger partial charge in [0.05, 0.1) is 19.2 Å². The molecule has 0 atom stereocenters. The Morgan fingerprint density at radius 1 is 1.11 bits per heavy atom. The highest BCUT2D eigenvalue weighted by Crippen LogP contribution is 2.33. The number of anilines is 2. The normalized spacial score (nSPS) is 10.9. The van der Waals surface area contributed by atoms with Crippen molar-refractivity contribution in [2.45, 2.75) is 26.8 Å². The smallest absolute Gasteiger partial charge is 0.343 e. The van der Waals surface area contributed by atoms with Gasteiger partial charge < -0.3 is 25.5 Å². The van der Waals surface area contributed by atoms with E-state index in [2.05, 4.69) is 9.97 Å². The Kier molecular flexibility index (Phi) is 6.68. The van der Waals surface area contributed by atoms with Gasteiger partial charge in [0.2, 0.25) is 11.4 Å². The van der Waals surface area contributed by atoms with Crippen LogP contribution in [0.1, 0.15) is 35.3 Å². The second-order valence-electron chi connectivity index (χ2n) is 7.96. The second-order valence-corrected chi connectivity index (χ2v) is 7.96. The van der Waals surface area contributed by atoms with E-state index in [0.717, 1.165) is 22.3 Å². The molecule has 4 aromatic rings. The fraction of sp³-hybridized carbons (Fsp3) is 0.231. The number of esters is 1. The number of pyridine rings is 1. The zero-order valence-electron chi connectivity index (χ0n) is 19.9. The summed E-state index contributed by atoms with van der Waals surface area (Å²) in [6.45, 7) is 4.43. The van der Waals surface area contributed by atoms with Crippen molar-refractivity contribution in [2.24, 2.45) is 0 Å². The Morgan fingerprint density at radius 3 is 2.60 bits per heavy atom. The molecule has 180 valence electrons. The van der Waals surface area contributed by atoms with Crippen LogP contribution in [0.15, 0.2) is 53.6 Å². The molecule has 0 saturated heterocycles. The lowest BCUT2D eigenvalue weighted by Gasteiger charge is -2.15. The molecule has 2 aromatic carbocycles. The van der Waals surface area contributed by atoms with Crippen LogP contribution in [0, 0.1) is 0 Å². The summed E-state index contributed by atoms with van der Waals surface area (Å²) in [6, 6.07) is 11.4. The van der Waals surface area contributed by atoms with Gasteiger partial charge in [0, 0.05) is 41.9 Å². The van der Waals surface area contributed by atoms with Crippen LogP contribution in [0.2, 0.25) is 0 Å². The monoisotopic (exact) mass is 473 g/mol. The Balaban J connectivity index is 1.82. The highest BCUT2D eigenvalue weighted by molar-refractivity contribution is 5.95. The van der Waals surface area contributed by atoms with Crippen LogP contribution >= 0.6 is 0 Å². The predicted molar refractivity (Wildman–Crippen MR) is 135 cm³/mol. The third-order valence-electron chi connectivity index (χ3n) is 5.80. The number of nitrogens with zero attached hydrogens (tertiary/aromatic N) is 3. The molecule has 0 bridgehead atoms. The second kappa shape index (κ2) is 9.84. The highest BCUT2D eigenvalue weighted by atomic mass is 16.5. The van der Waals surface area contributed by atoms with Crippen molar-refractivity contribution in [3.05, 3.63) is 75.7 Å². The van der Waals surface area contributed by atoms with E-state index in [4.69, 9.17) is 20.9 Å². The molecule has 0 fully saturated rings. The van der Waals surface area contributed by atoms with Crippen molar-refractivity contribution < 1.29 is 14.3 Å². The number of hydrogen-bond donors (Lipinski definition) is 2. The number of ether oxygens (including phenoxy) is 2. The van der Waals surface area contributed by atoms with E-state index >= 15 is 0 Å². The van der Waals surface area contributed by atoms with Crippen LogP contribution in [0.3, 0.4) is 0 Å². The fourth-order valence-corrected chi connectivity index (χ4v) is 4.05. The topological polar surface area (TPSA) is 135 Å². The lowest BCUT2D eigenvalue weighted by molar-refractivity contribution is 0.0524. The molecule has 0 unspecified atom stereocenters. The highest BCUT2D eigenvalue weighted by Gasteiger charge is 2.17. The number of carbonyl (C=O) groups excluding carboxylic acids is 1. The molecule has 4 rings (SSSR count). The minimum Gasteiger partial charge on any atom is -0.496 e. The molecule has 4 N–H and O–H groups in total. The number of aryl methyl sites for hydroxylation is 1. The Morgan fingerprint density at radius 2 is 1.91 bits per heavy atom. The Labute approximate surface area is 202 Å². The van der Waals surface area contributed by atoms with Gasteiger partial charge in [0.15, 0.2) is 0 Å². The average molecular weight is 474 g/mol. The number of nitrogens with two attached hydrogens (primary N) is 2. The van der Waals surface area contributed by atoms with E-state index in [0.29, 0.717) is 35.4 Å². The predicted octanol–water partition coefficient (Wildman–Crippen LogP) is 3.42. The number of fused-ring (bicyclic) bond motifs is 1. The molecule has 0 aliphatic heterocycles. The molecule has 0 amide bonds. The van der Waals surface area contributed by atoms with Crippen molar-refractivity contribution in [1.82, 2.24) is 14.5 Å². The van der Waals surface area contributed by atoms with Gasteiger partial charge in [-0.3, -0.25) is 4.79 Å². The molecule has 2 aromatic heterocycles. The van der Waals surface area contributed by atoms with Gasteiger partial charge in [0.1, 0.15) is 17.1 Å². The summed E-state index contributed by atoms with van der Waals surface area (Å²) in [6.07, 6.45) is 3.70. The minimum atomic E-state index is -0.619. The van der Waals surface area contributed by atoms with Gasteiger partial charge in [0.25, 0.3) is 0 Å². The lowest BCUT2D eigenvalue weighted by Crippen LogP contribution is -2.20. The summed E-state index contributed by atoms with van der Waals surface area (Å²) >= 11 is 0. The standard InChI is InChI=1S/C26H27N5O4/c1-4-31-14-20(25(33)35-5-2)23(32)18-8-7-16(12-21(18)31)19-11-15(6-9-22(19)34-3)10-17-13-29-26(28)30-24(17)27/h6-9,11-14H,4-5,10H2,1-3H3,(H4,27,28,29,30). The van der Waals surface area contributed by atoms with E-state index in [1.54, 1.807) is 32.5 Å². The van der Waals surface area contributed by atoms with Crippen molar-refractivity contribution in [3.8, 4) is 16.9 Å². The summed E-state index contributed by atoms with van der Waals surface area (Å²) in [5, 5.41) is 0.447. The van der Waals surface area contributed by atoms with Crippen molar-refractivity contribution in [3.63, 3.8) is 0 Å². The maximum Gasteiger partial charge on any atom is 0.343 e. The lowest BCUT2D eigenvalue weighted by atomic mass is 9.97. The number of benzene rings is 2. The number of nitrogen functional groups attached to an aromatic ring is 2. The summed E-state index contributed by atoms with van der Waals surface area (Å²) in [7, 11) is 1.61. The van der Waals surface area contributed by atoms with Crippen LogP contribution in [0.4, 0.5) is 11.8 Å². The summed E-state index contributed by atoms with van der Waals surface area (Å²) in [4.78, 5) is 33.4. The summed E-state index contributed by atoms with van der Waals surface area (Å²) < 4.78 is 12.6. The van der Waals surface area contributed by atoms with E-state index in [1.807, 2.05) is 41.8 Å². The largest absolute Gasteiger partial charge is 0.496 e. The number of aromatic nitrogens is 3. The SMILES string of the molecule is CCOC(=O)c1cn(CC)c2cc(-c3cc(Cc4cnc(N)nc4N)ccc3OC)ccc2c1=O. The van der Waals surface area contributed by atoms with E-state index in [-0.39, 0.29) is 23.5 Å². The van der Waals surface area contributed by atoms with Gasteiger partial charge in [-0.1, -0.05) is 12.1 Å². The van der Waals surface area contributed by atoms with Gasteiger partial charge in [-0.25, -0.2) is 9.78 Å². The Bertz CT molecular complexity index is 1480. The first-order valence-electron chi connectivity index (χ1n) is 11.2. The molecule has 0 radical (unpaired) electrons. The summed E-state index contributed by atoms with van der Waals surface area (Å²) in [5.74, 6) is 0.532. The maximum absolute atomic E-state index is 13.0. The number of rotatable bonds is 7. The molecule has 0 saturated carbocycles. The van der Waals surface area contributed by atoms with Crippen molar-refractivity contribution in [1.29, 1.82) is 0 Å². The third kappa shape index (κ3) is 4.65.